The lowest BCUT2D eigenvalue weighted by Crippen LogP contribution is -2.13. The maximum absolute atomic E-state index is 12.4. The molecule has 0 unspecified atom stereocenters. The van der Waals surface area contributed by atoms with Crippen molar-refractivity contribution >= 4 is 11.9 Å². The first kappa shape index (κ1) is 15.5. The van der Waals surface area contributed by atoms with E-state index in [1.807, 2.05) is 0 Å². The van der Waals surface area contributed by atoms with Crippen molar-refractivity contribution in [3.05, 3.63) is 59.4 Å². The molecule has 0 aliphatic rings. The number of hydrogen-bond acceptors (Lipinski definition) is 4. The number of aromatic carboxylic acids is 1. The minimum Gasteiger partial charge on any atom is -0.477 e. The van der Waals surface area contributed by atoms with E-state index in [0.29, 0.717) is 0 Å². The third-order valence-corrected chi connectivity index (χ3v) is 2.57. The van der Waals surface area contributed by atoms with Crippen molar-refractivity contribution in [2.24, 2.45) is 0 Å². The zero-order valence-corrected chi connectivity index (χ0v) is 10.8. The molecule has 0 saturated carbocycles. The number of carboxylic acid groups (broad SMARTS) is 1. The molecule has 0 aliphatic heterocycles. The summed E-state index contributed by atoms with van der Waals surface area (Å²) in [6.45, 7) is 0. The summed E-state index contributed by atoms with van der Waals surface area (Å²) >= 11 is 0. The first-order chi connectivity index (χ1) is 10.3. The monoisotopic (exact) mass is 311 g/mol. The molecule has 1 aromatic carbocycles. The van der Waals surface area contributed by atoms with Crippen LogP contribution in [0.5, 0.6) is 5.75 Å². The van der Waals surface area contributed by atoms with Crippen molar-refractivity contribution < 1.29 is 32.6 Å². The predicted octanol–water partition coefficient (Wildman–Crippen LogP) is 3.02. The molecule has 0 saturated heterocycles. The molecule has 0 bridgehead atoms. The maximum Gasteiger partial charge on any atom is 0.416 e. The minimum atomic E-state index is -4.49. The molecule has 1 heterocycles. The van der Waals surface area contributed by atoms with Crippen LogP contribution in [0.1, 0.15) is 26.5 Å². The summed E-state index contributed by atoms with van der Waals surface area (Å²) in [5, 5.41) is 8.77. The molecule has 0 fully saturated rings. The van der Waals surface area contributed by atoms with Gasteiger partial charge in [0.15, 0.2) is 0 Å². The van der Waals surface area contributed by atoms with E-state index in [1.54, 1.807) is 0 Å². The highest BCUT2D eigenvalue weighted by molar-refractivity contribution is 5.91. The van der Waals surface area contributed by atoms with Crippen LogP contribution >= 0.6 is 0 Å². The lowest BCUT2D eigenvalue weighted by Gasteiger charge is -2.08. The minimum absolute atomic E-state index is 0.111. The Balaban J connectivity index is 2.15. The highest BCUT2D eigenvalue weighted by atomic mass is 19.4. The second-order valence-corrected chi connectivity index (χ2v) is 4.12. The Morgan fingerprint density at radius 1 is 1.00 bits per heavy atom. The van der Waals surface area contributed by atoms with Gasteiger partial charge in [0.1, 0.15) is 17.1 Å². The quantitative estimate of drug-likeness (QED) is 0.696. The van der Waals surface area contributed by atoms with E-state index in [4.69, 9.17) is 9.84 Å². The van der Waals surface area contributed by atoms with Gasteiger partial charge in [-0.1, -0.05) is 6.07 Å². The van der Waals surface area contributed by atoms with Crippen LogP contribution in [0.25, 0.3) is 0 Å². The Morgan fingerprint density at radius 3 is 2.14 bits per heavy atom. The molecule has 22 heavy (non-hydrogen) atoms. The van der Waals surface area contributed by atoms with Gasteiger partial charge < -0.3 is 9.84 Å². The molecule has 0 aliphatic carbocycles. The van der Waals surface area contributed by atoms with E-state index in [1.165, 1.54) is 18.2 Å². The summed E-state index contributed by atoms with van der Waals surface area (Å²) in [5.41, 5.74) is -1.49. The Labute approximate surface area is 122 Å². The summed E-state index contributed by atoms with van der Waals surface area (Å²) in [4.78, 5) is 26.1. The molecule has 2 aromatic rings. The van der Waals surface area contributed by atoms with Crippen LogP contribution in [0.15, 0.2) is 42.5 Å². The van der Waals surface area contributed by atoms with Gasteiger partial charge in [0.2, 0.25) is 0 Å². The third-order valence-electron chi connectivity index (χ3n) is 2.57. The number of carboxylic acids is 1. The lowest BCUT2D eigenvalue weighted by atomic mass is 10.2. The summed E-state index contributed by atoms with van der Waals surface area (Å²) in [6.07, 6.45) is -4.49. The van der Waals surface area contributed by atoms with Crippen molar-refractivity contribution in [2.45, 2.75) is 6.18 Å². The predicted molar refractivity (Wildman–Crippen MR) is 67.6 cm³/mol. The molecule has 0 amide bonds. The summed E-state index contributed by atoms with van der Waals surface area (Å²) < 4.78 is 42.0. The molecule has 0 atom stereocenters. The SMILES string of the molecule is O=C(O)c1cccc(C(=O)Oc2ccc(C(F)(F)F)cc2)n1. The fraction of sp³-hybridized carbons (Fsp3) is 0.0714. The number of hydrogen-bond donors (Lipinski definition) is 1. The number of benzene rings is 1. The van der Waals surface area contributed by atoms with Gasteiger partial charge in [-0.05, 0) is 36.4 Å². The van der Waals surface area contributed by atoms with Gasteiger partial charge >= 0.3 is 18.1 Å². The van der Waals surface area contributed by atoms with Crippen LogP contribution < -0.4 is 4.74 Å². The van der Waals surface area contributed by atoms with Gasteiger partial charge in [0, 0.05) is 0 Å². The normalized spacial score (nSPS) is 11.0. The average Bonchev–Trinajstić information content (AvgIpc) is 2.47. The molecule has 1 aromatic heterocycles. The maximum atomic E-state index is 12.4. The van der Waals surface area contributed by atoms with Crippen molar-refractivity contribution in [3.63, 3.8) is 0 Å². The van der Waals surface area contributed by atoms with Crippen LogP contribution in [0.4, 0.5) is 13.2 Å². The molecule has 2 rings (SSSR count). The molecule has 1 N–H and O–H groups in total. The Hall–Kier alpha value is -2.90. The van der Waals surface area contributed by atoms with E-state index in [-0.39, 0.29) is 17.1 Å². The molecular formula is C14H8F3NO4. The van der Waals surface area contributed by atoms with Crippen molar-refractivity contribution in [3.8, 4) is 5.75 Å². The number of esters is 1. The van der Waals surface area contributed by atoms with Gasteiger partial charge in [-0.15, -0.1) is 0 Å². The van der Waals surface area contributed by atoms with Gasteiger partial charge in [-0.3, -0.25) is 0 Å². The van der Waals surface area contributed by atoms with Gasteiger partial charge in [0.25, 0.3) is 0 Å². The number of halogens is 3. The largest absolute Gasteiger partial charge is 0.477 e. The number of carbonyl (C=O) groups excluding carboxylic acids is 1. The fourth-order valence-corrected chi connectivity index (χ4v) is 1.54. The second-order valence-electron chi connectivity index (χ2n) is 4.12. The van der Waals surface area contributed by atoms with Crippen molar-refractivity contribution in [2.75, 3.05) is 0 Å². The fourth-order valence-electron chi connectivity index (χ4n) is 1.54. The highest BCUT2D eigenvalue weighted by Gasteiger charge is 2.30. The Kier molecular flexibility index (Phi) is 4.11. The van der Waals surface area contributed by atoms with E-state index in [0.717, 1.165) is 24.3 Å². The van der Waals surface area contributed by atoms with Gasteiger partial charge in [-0.2, -0.15) is 13.2 Å². The second kappa shape index (κ2) is 5.84. The molecular weight excluding hydrogens is 303 g/mol. The van der Waals surface area contributed by atoms with Gasteiger partial charge in [0.05, 0.1) is 5.56 Å². The number of carbonyl (C=O) groups is 2. The zero-order chi connectivity index (χ0) is 16.3. The first-order valence-corrected chi connectivity index (χ1v) is 5.87. The van der Waals surface area contributed by atoms with Crippen LogP contribution in [-0.4, -0.2) is 22.0 Å². The zero-order valence-electron chi connectivity index (χ0n) is 10.8. The first-order valence-electron chi connectivity index (χ1n) is 5.87. The van der Waals surface area contributed by atoms with E-state index in [2.05, 4.69) is 4.98 Å². The van der Waals surface area contributed by atoms with E-state index < -0.39 is 23.7 Å². The van der Waals surface area contributed by atoms with Crippen LogP contribution in [0.3, 0.4) is 0 Å². The molecule has 0 radical (unpaired) electrons. The van der Waals surface area contributed by atoms with Crippen LogP contribution in [0, 0.1) is 0 Å². The van der Waals surface area contributed by atoms with Crippen LogP contribution in [-0.2, 0) is 6.18 Å². The number of nitrogens with zero attached hydrogens (tertiary/aromatic N) is 1. The summed E-state index contributed by atoms with van der Waals surface area (Å²) in [6, 6.07) is 7.24. The topological polar surface area (TPSA) is 76.5 Å². The number of aromatic nitrogens is 1. The number of rotatable bonds is 3. The third kappa shape index (κ3) is 3.60. The number of alkyl halides is 3. The Bertz CT molecular complexity index is 711. The average molecular weight is 311 g/mol. The van der Waals surface area contributed by atoms with Gasteiger partial charge in [-0.25, -0.2) is 14.6 Å². The van der Waals surface area contributed by atoms with E-state index >= 15 is 0 Å². The standard InChI is InChI=1S/C14H8F3NO4/c15-14(16,17)8-4-6-9(7-5-8)22-13(21)11-3-1-2-10(18-11)12(19)20/h1-7H,(H,19,20). The summed E-state index contributed by atoms with van der Waals surface area (Å²) in [7, 11) is 0. The number of ether oxygens (including phenoxy) is 1. The smallest absolute Gasteiger partial charge is 0.416 e. The molecule has 0 spiro atoms. The van der Waals surface area contributed by atoms with Crippen molar-refractivity contribution in [1.82, 2.24) is 4.98 Å². The molecule has 5 nitrogen and oxygen atoms in total. The highest BCUT2D eigenvalue weighted by Crippen LogP contribution is 2.30. The number of pyridine rings is 1. The lowest BCUT2D eigenvalue weighted by molar-refractivity contribution is -0.137. The van der Waals surface area contributed by atoms with Crippen LogP contribution in [0.2, 0.25) is 0 Å². The van der Waals surface area contributed by atoms with Crippen molar-refractivity contribution in [1.29, 1.82) is 0 Å². The Morgan fingerprint density at radius 2 is 1.59 bits per heavy atom. The molecule has 8 heteroatoms. The summed E-state index contributed by atoms with van der Waals surface area (Å²) in [5.74, 6) is -2.40. The van der Waals surface area contributed by atoms with E-state index in [9.17, 15) is 22.8 Å². The molecule has 114 valence electrons.